The van der Waals surface area contributed by atoms with Crippen LogP contribution < -0.4 is 9.64 Å². The molecule has 3 aliphatic rings. The molecule has 2 aliphatic carbocycles. The number of benzene rings is 1. The largest absolute Gasteiger partial charge is 0.469 e. The number of nitrogens with zero attached hydrogens (tertiary/aromatic N) is 5. The van der Waals surface area contributed by atoms with Crippen molar-refractivity contribution >= 4 is 17.6 Å². The maximum Gasteiger partial charge on any atom is 0.387 e. The minimum absolute atomic E-state index is 0.0485. The summed E-state index contributed by atoms with van der Waals surface area (Å²) in [6.07, 6.45) is 7.78. The molecule has 218 valence electrons. The second-order valence-electron chi connectivity index (χ2n) is 11.8. The Labute approximate surface area is 241 Å². The molecule has 7 rings (SSSR count). The third-order valence-electron chi connectivity index (χ3n) is 9.17. The smallest absolute Gasteiger partial charge is 0.387 e. The van der Waals surface area contributed by atoms with Crippen LogP contribution in [0.2, 0.25) is 0 Å². The van der Waals surface area contributed by atoms with E-state index in [-0.39, 0.29) is 35.9 Å². The van der Waals surface area contributed by atoms with Crippen molar-refractivity contribution in [1.82, 2.24) is 19.4 Å². The van der Waals surface area contributed by atoms with Crippen LogP contribution >= 0.6 is 0 Å². The number of imidazole rings is 1. The quantitative estimate of drug-likeness (QED) is 0.328. The van der Waals surface area contributed by atoms with Gasteiger partial charge in [0.2, 0.25) is 5.95 Å². The number of esters is 1. The molecule has 2 bridgehead atoms. The maximum atomic E-state index is 13.2. The van der Waals surface area contributed by atoms with Crippen molar-refractivity contribution in [3.63, 3.8) is 0 Å². The number of carbonyl (C=O) groups excluding carboxylic acids is 1. The van der Waals surface area contributed by atoms with Gasteiger partial charge in [0.1, 0.15) is 17.0 Å². The summed E-state index contributed by atoms with van der Waals surface area (Å²) in [5.74, 6) is 0.632. The number of para-hydroxylation sites is 1. The van der Waals surface area contributed by atoms with Crippen molar-refractivity contribution in [2.45, 2.75) is 44.3 Å². The van der Waals surface area contributed by atoms with Gasteiger partial charge >= 0.3 is 12.6 Å². The SMILES string of the molecule is COC(=O)C1C2CCC1CN(c1ncc(-c3ccc4nc5c(n4c3)[C@@H](c3ccccc3OC(F)F)CC5(C)O)cn1)C2. The summed E-state index contributed by atoms with van der Waals surface area (Å²) in [7, 11) is 1.45. The van der Waals surface area contributed by atoms with Gasteiger partial charge in [0, 0.05) is 54.3 Å². The molecule has 3 aromatic heterocycles. The summed E-state index contributed by atoms with van der Waals surface area (Å²) in [4.78, 5) is 28.5. The lowest BCUT2D eigenvalue weighted by molar-refractivity contribution is -0.148. The van der Waals surface area contributed by atoms with Crippen LogP contribution in [-0.4, -0.2) is 57.2 Å². The molecular weight excluding hydrogens is 544 g/mol. The number of methoxy groups -OCH3 is 1. The number of aromatic nitrogens is 4. The molecule has 42 heavy (non-hydrogen) atoms. The van der Waals surface area contributed by atoms with Crippen LogP contribution in [0.3, 0.4) is 0 Å². The molecule has 4 atom stereocenters. The van der Waals surface area contributed by atoms with Gasteiger partial charge in [-0.25, -0.2) is 15.0 Å². The summed E-state index contributed by atoms with van der Waals surface area (Å²) in [5.41, 5.74) is 2.88. The number of carbonyl (C=O) groups is 1. The Balaban J connectivity index is 1.20. The standard InChI is InChI=1S/C31H31F2N5O4/c1-31(40)11-22(21-5-3-4-6-23(21)42-29(32)33)26-27(31)36-24-10-9-17(16-38(24)26)20-12-34-30(35-13-20)37-14-18-7-8-19(15-37)25(18)28(39)41-2/h3-6,9-10,12-13,16,18-19,22,25,29,40H,7-8,11,14-15H2,1-2H3/t18?,19?,22-,25?,31?/m1/s1. The van der Waals surface area contributed by atoms with Gasteiger partial charge in [0.05, 0.1) is 24.4 Å². The van der Waals surface area contributed by atoms with Gasteiger partial charge < -0.3 is 23.9 Å². The molecule has 1 aromatic carbocycles. The molecule has 0 spiro atoms. The predicted molar refractivity (Wildman–Crippen MR) is 149 cm³/mol. The Morgan fingerprint density at radius 3 is 2.48 bits per heavy atom. The van der Waals surface area contributed by atoms with Crippen LogP contribution in [0.1, 0.15) is 49.1 Å². The minimum atomic E-state index is -2.96. The second kappa shape index (κ2) is 10.0. The molecule has 0 radical (unpaired) electrons. The highest BCUT2D eigenvalue weighted by molar-refractivity contribution is 5.74. The monoisotopic (exact) mass is 575 g/mol. The third kappa shape index (κ3) is 4.38. The van der Waals surface area contributed by atoms with Gasteiger partial charge in [0.25, 0.3) is 0 Å². The zero-order chi connectivity index (χ0) is 29.2. The van der Waals surface area contributed by atoms with Crippen LogP contribution in [0.25, 0.3) is 16.8 Å². The molecule has 3 unspecified atom stereocenters. The molecule has 1 saturated carbocycles. The first kappa shape index (κ1) is 26.8. The van der Waals surface area contributed by atoms with Crippen LogP contribution in [0.5, 0.6) is 5.75 Å². The van der Waals surface area contributed by atoms with Gasteiger partial charge in [-0.05, 0) is 56.2 Å². The van der Waals surface area contributed by atoms with Crippen molar-refractivity contribution in [3.8, 4) is 16.9 Å². The number of alkyl halides is 2. The predicted octanol–water partition coefficient (Wildman–Crippen LogP) is 4.77. The molecule has 1 aliphatic heterocycles. The lowest BCUT2D eigenvalue weighted by Crippen LogP contribution is -2.45. The highest BCUT2D eigenvalue weighted by atomic mass is 19.3. The van der Waals surface area contributed by atoms with Crippen molar-refractivity contribution in [3.05, 3.63) is 71.9 Å². The van der Waals surface area contributed by atoms with E-state index >= 15 is 0 Å². The van der Waals surface area contributed by atoms with Crippen LogP contribution in [0, 0.1) is 17.8 Å². The normalized spacial score (nSPS) is 26.6. The summed E-state index contributed by atoms with van der Waals surface area (Å²) in [5, 5.41) is 11.3. The first-order valence-corrected chi connectivity index (χ1v) is 14.2. The highest BCUT2D eigenvalue weighted by Crippen LogP contribution is 2.50. The molecule has 0 amide bonds. The number of pyridine rings is 1. The van der Waals surface area contributed by atoms with Crippen LogP contribution in [0.4, 0.5) is 14.7 Å². The zero-order valence-electron chi connectivity index (χ0n) is 23.3. The van der Waals surface area contributed by atoms with E-state index < -0.39 is 18.1 Å². The Kier molecular flexibility index (Phi) is 6.38. The molecule has 2 fully saturated rings. The number of piperidine rings is 1. The average molecular weight is 576 g/mol. The van der Waals surface area contributed by atoms with Gasteiger partial charge in [-0.1, -0.05) is 18.2 Å². The molecular formula is C31H31F2N5O4. The van der Waals surface area contributed by atoms with Crippen molar-refractivity contribution in [2.75, 3.05) is 25.1 Å². The minimum Gasteiger partial charge on any atom is -0.469 e. The number of aliphatic hydroxyl groups is 1. The number of anilines is 1. The lowest BCUT2D eigenvalue weighted by atomic mass is 9.85. The molecule has 9 nitrogen and oxygen atoms in total. The van der Waals surface area contributed by atoms with E-state index in [2.05, 4.69) is 14.9 Å². The van der Waals surface area contributed by atoms with Gasteiger partial charge in [0.15, 0.2) is 0 Å². The summed E-state index contributed by atoms with van der Waals surface area (Å²) in [6.45, 7) is 0.183. The maximum absolute atomic E-state index is 13.2. The fourth-order valence-electron chi connectivity index (χ4n) is 7.32. The van der Waals surface area contributed by atoms with Crippen molar-refractivity contribution in [1.29, 1.82) is 0 Å². The van der Waals surface area contributed by atoms with E-state index in [4.69, 9.17) is 14.5 Å². The highest BCUT2D eigenvalue weighted by Gasteiger charge is 2.47. The Morgan fingerprint density at radius 1 is 1.07 bits per heavy atom. The van der Waals surface area contributed by atoms with Gasteiger partial charge in [-0.15, -0.1) is 0 Å². The molecule has 11 heteroatoms. The zero-order valence-corrected chi connectivity index (χ0v) is 23.3. The van der Waals surface area contributed by atoms with Crippen molar-refractivity contribution < 1.29 is 28.2 Å². The number of rotatable bonds is 6. The van der Waals surface area contributed by atoms with E-state index in [1.54, 1.807) is 37.5 Å². The van der Waals surface area contributed by atoms with Crippen LogP contribution in [0.15, 0.2) is 55.0 Å². The number of ether oxygens (including phenoxy) is 2. The Morgan fingerprint density at radius 2 is 1.79 bits per heavy atom. The second-order valence-corrected chi connectivity index (χ2v) is 11.8. The molecule has 1 N–H and O–H groups in total. The lowest BCUT2D eigenvalue weighted by Gasteiger charge is -2.36. The van der Waals surface area contributed by atoms with E-state index in [9.17, 15) is 18.7 Å². The van der Waals surface area contributed by atoms with Crippen LogP contribution in [-0.2, 0) is 15.1 Å². The average Bonchev–Trinajstić information content (AvgIpc) is 3.59. The first-order valence-electron chi connectivity index (χ1n) is 14.2. The third-order valence-corrected chi connectivity index (χ3v) is 9.17. The molecule has 4 heterocycles. The van der Waals surface area contributed by atoms with E-state index in [1.165, 1.54) is 13.2 Å². The van der Waals surface area contributed by atoms with Gasteiger partial charge in [-0.3, -0.25) is 4.79 Å². The van der Waals surface area contributed by atoms with E-state index in [0.29, 0.717) is 22.9 Å². The molecule has 1 saturated heterocycles. The Bertz CT molecular complexity index is 1640. The number of halogens is 2. The van der Waals surface area contributed by atoms with Gasteiger partial charge in [-0.2, -0.15) is 8.78 Å². The summed E-state index contributed by atoms with van der Waals surface area (Å²) < 4.78 is 38.2. The fourth-order valence-corrected chi connectivity index (χ4v) is 7.32. The summed E-state index contributed by atoms with van der Waals surface area (Å²) >= 11 is 0. The fraction of sp³-hybridized carbons (Fsp3) is 0.419. The summed E-state index contributed by atoms with van der Waals surface area (Å²) in [6, 6.07) is 10.5. The number of fused-ring (bicyclic) bond motifs is 5. The number of hydrogen-bond donors (Lipinski definition) is 1. The van der Waals surface area contributed by atoms with E-state index in [1.807, 2.05) is 22.7 Å². The Hall–Kier alpha value is -4.12. The topological polar surface area (TPSA) is 102 Å². The van der Waals surface area contributed by atoms with E-state index in [0.717, 1.165) is 42.8 Å². The molecule has 4 aromatic rings. The van der Waals surface area contributed by atoms with Crippen molar-refractivity contribution in [2.24, 2.45) is 17.8 Å². The number of hydrogen-bond acceptors (Lipinski definition) is 8. The first-order chi connectivity index (χ1) is 20.2.